The lowest BCUT2D eigenvalue weighted by atomic mass is 10.0. The molecule has 0 aromatic rings. The maximum Gasteiger partial charge on any atom is 0.508 e. The molecule has 0 amide bonds. The van der Waals surface area contributed by atoms with Crippen LogP contribution in [0.15, 0.2) is 24.3 Å². The summed E-state index contributed by atoms with van der Waals surface area (Å²) in [6.45, 7) is 12.8. The van der Waals surface area contributed by atoms with E-state index in [2.05, 4.69) is 54.9 Å². The van der Waals surface area contributed by atoms with Gasteiger partial charge in [-0.15, -0.1) is 0 Å². The van der Waals surface area contributed by atoms with Gasteiger partial charge in [0.15, 0.2) is 0 Å². The molecule has 0 aliphatic heterocycles. The third-order valence-corrected chi connectivity index (χ3v) is 14.1. The molecule has 0 atom stereocenters. The minimum atomic E-state index is -0.674. The summed E-state index contributed by atoms with van der Waals surface area (Å²) in [7, 11) is 0. The minimum absolute atomic E-state index is 0.0344. The Bertz CT molecular complexity index is 1090. The molecule has 9 nitrogen and oxygen atoms in total. The van der Waals surface area contributed by atoms with Crippen molar-refractivity contribution in [1.29, 1.82) is 0 Å². The van der Waals surface area contributed by atoms with Gasteiger partial charge in [0.2, 0.25) is 0 Å². The van der Waals surface area contributed by atoms with Gasteiger partial charge in [-0.1, -0.05) is 212 Å². The molecular weight excluding hydrogens is 861 g/mol. The van der Waals surface area contributed by atoms with Gasteiger partial charge in [-0.3, -0.25) is 14.5 Å². The number of ether oxygens (including phenoxy) is 2. The van der Waals surface area contributed by atoms with Gasteiger partial charge in [0.1, 0.15) is 12.7 Å². The van der Waals surface area contributed by atoms with Crippen LogP contribution < -0.4 is 0 Å². The second kappa shape index (κ2) is 54.9. The molecule has 0 spiro atoms. The van der Waals surface area contributed by atoms with Crippen LogP contribution in [-0.2, 0) is 19.1 Å². The van der Waals surface area contributed by atoms with Gasteiger partial charge >= 0.3 is 18.1 Å². The van der Waals surface area contributed by atoms with E-state index in [1.165, 1.54) is 180 Å². The summed E-state index contributed by atoms with van der Waals surface area (Å²) in [6.07, 6.45) is 58.5. The highest BCUT2D eigenvalue weighted by Crippen LogP contribution is 2.20. The summed E-state index contributed by atoms with van der Waals surface area (Å²) in [4.78, 5) is 38.8. The standard InChI is InChI=1S/C60H114N2O7/c1-4-61(5-2)53-54-62(6-3)55-56-68-60(67)69-57(49-45-41-37-33-29-25-21-17-13-9-7-11-15-19-23-27-31-35-39-43-47-51-58(63)64)50-46-42-38-34-30-26-22-18-14-10-8-12-16-20-24-28-32-36-40-44-48-52-59(65)66/h19-20,23-24,57H,4-18,21-22,25-56H2,1-3H3,(H,63,64)(H,65,66)/b23-19-,24-20-. The van der Waals surface area contributed by atoms with Crippen molar-refractivity contribution in [2.75, 3.05) is 45.9 Å². The van der Waals surface area contributed by atoms with Crippen molar-refractivity contribution >= 4 is 18.1 Å². The lowest BCUT2D eigenvalue weighted by Gasteiger charge is -2.25. The number of unbranched alkanes of at least 4 members (excludes halogenated alkanes) is 34. The lowest BCUT2D eigenvalue weighted by molar-refractivity contribution is -0.138. The molecule has 0 unspecified atom stereocenters. The van der Waals surface area contributed by atoms with Crippen molar-refractivity contribution in [2.24, 2.45) is 0 Å². The van der Waals surface area contributed by atoms with Crippen molar-refractivity contribution in [3.8, 4) is 0 Å². The molecule has 2 N–H and O–H groups in total. The predicted octanol–water partition coefficient (Wildman–Crippen LogP) is 17.8. The Morgan fingerprint density at radius 2 is 0.652 bits per heavy atom. The maximum atomic E-state index is 12.9. The molecular formula is C60H114N2O7. The Labute approximate surface area is 427 Å². The van der Waals surface area contributed by atoms with Crippen LogP contribution in [0.4, 0.5) is 4.79 Å². The van der Waals surface area contributed by atoms with Crippen LogP contribution in [-0.4, -0.2) is 90.1 Å². The lowest BCUT2D eigenvalue weighted by Crippen LogP contribution is -2.37. The Morgan fingerprint density at radius 3 is 0.957 bits per heavy atom. The van der Waals surface area contributed by atoms with Crippen molar-refractivity contribution in [3.05, 3.63) is 24.3 Å². The minimum Gasteiger partial charge on any atom is -0.481 e. The van der Waals surface area contributed by atoms with Gasteiger partial charge < -0.3 is 24.6 Å². The zero-order valence-electron chi connectivity index (χ0n) is 45.9. The topological polar surface area (TPSA) is 117 Å². The molecule has 0 fully saturated rings. The first kappa shape index (κ1) is 66.6. The highest BCUT2D eigenvalue weighted by Gasteiger charge is 2.16. The summed E-state index contributed by atoms with van der Waals surface area (Å²) in [5, 5.41) is 17.4. The first-order chi connectivity index (χ1) is 33.8. The quantitative estimate of drug-likeness (QED) is 0.0349. The monoisotopic (exact) mass is 975 g/mol. The Hall–Kier alpha value is -2.39. The Kier molecular flexibility index (Phi) is 53.0. The number of nitrogens with zero attached hydrogens (tertiary/aromatic N) is 2. The summed E-state index contributed by atoms with van der Waals surface area (Å²) in [6, 6.07) is 0. The van der Waals surface area contributed by atoms with E-state index in [-0.39, 0.29) is 6.10 Å². The fraction of sp³-hybridized carbons (Fsp3) is 0.883. The molecule has 0 bridgehead atoms. The van der Waals surface area contributed by atoms with E-state index in [1.54, 1.807) is 0 Å². The van der Waals surface area contributed by atoms with E-state index in [4.69, 9.17) is 19.7 Å². The highest BCUT2D eigenvalue weighted by atomic mass is 16.7. The Balaban J connectivity index is 4.14. The number of rotatable bonds is 56. The van der Waals surface area contributed by atoms with Crippen LogP contribution >= 0.6 is 0 Å². The summed E-state index contributed by atoms with van der Waals surface area (Å²) in [5.74, 6) is -1.35. The molecule has 0 rings (SSSR count). The number of carboxylic acid groups (broad SMARTS) is 2. The van der Waals surface area contributed by atoms with Crippen molar-refractivity contribution in [3.63, 3.8) is 0 Å². The van der Waals surface area contributed by atoms with E-state index in [0.29, 0.717) is 19.4 Å². The molecule has 0 radical (unpaired) electrons. The van der Waals surface area contributed by atoms with Crippen LogP contribution in [0.3, 0.4) is 0 Å². The average Bonchev–Trinajstić information content (AvgIpc) is 3.33. The first-order valence-electron chi connectivity index (χ1n) is 29.8. The van der Waals surface area contributed by atoms with Gasteiger partial charge in [0.05, 0.1) is 0 Å². The zero-order chi connectivity index (χ0) is 50.4. The molecule has 0 aromatic carbocycles. The molecule has 69 heavy (non-hydrogen) atoms. The third-order valence-electron chi connectivity index (χ3n) is 14.1. The zero-order valence-corrected chi connectivity index (χ0v) is 45.9. The number of hydrogen-bond acceptors (Lipinski definition) is 7. The Morgan fingerprint density at radius 1 is 0.377 bits per heavy atom. The van der Waals surface area contributed by atoms with Gasteiger partial charge in [0, 0.05) is 32.5 Å². The summed E-state index contributed by atoms with van der Waals surface area (Å²) >= 11 is 0. The van der Waals surface area contributed by atoms with E-state index < -0.39 is 18.1 Å². The first-order valence-corrected chi connectivity index (χ1v) is 29.8. The molecule has 0 aliphatic carbocycles. The average molecular weight is 976 g/mol. The summed E-state index contributed by atoms with van der Waals surface area (Å²) in [5.41, 5.74) is 0. The number of carboxylic acids is 2. The normalized spacial score (nSPS) is 11.9. The van der Waals surface area contributed by atoms with Crippen LogP contribution in [0.2, 0.25) is 0 Å². The van der Waals surface area contributed by atoms with Crippen molar-refractivity contribution in [1.82, 2.24) is 9.80 Å². The number of likely N-dealkylation sites (N-methyl/N-ethyl adjacent to an activating group) is 2. The van der Waals surface area contributed by atoms with Crippen LogP contribution in [0, 0.1) is 0 Å². The van der Waals surface area contributed by atoms with Gasteiger partial charge in [-0.2, -0.15) is 0 Å². The molecule has 0 saturated carbocycles. The second-order valence-electron chi connectivity index (χ2n) is 20.3. The maximum absolute atomic E-state index is 12.9. The van der Waals surface area contributed by atoms with E-state index in [9.17, 15) is 14.4 Å². The predicted molar refractivity (Wildman–Crippen MR) is 294 cm³/mol. The van der Waals surface area contributed by atoms with E-state index in [0.717, 1.165) is 116 Å². The van der Waals surface area contributed by atoms with E-state index >= 15 is 0 Å². The number of carbonyl (C=O) groups excluding carboxylic acids is 1. The number of allylic oxidation sites excluding steroid dienone is 4. The van der Waals surface area contributed by atoms with Crippen LogP contribution in [0.1, 0.15) is 290 Å². The second-order valence-corrected chi connectivity index (χ2v) is 20.3. The molecule has 0 aromatic heterocycles. The third kappa shape index (κ3) is 53.2. The smallest absolute Gasteiger partial charge is 0.481 e. The van der Waals surface area contributed by atoms with Crippen molar-refractivity contribution < 1.29 is 34.1 Å². The summed E-state index contributed by atoms with van der Waals surface area (Å²) < 4.78 is 11.6. The number of hydrogen-bond donors (Lipinski definition) is 2. The molecule has 0 saturated heterocycles. The fourth-order valence-corrected chi connectivity index (χ4v) is 9.35. The molecule has 0 heterocycles. The fourth-order valence-electron chi connectivity index (χ4n) is 9.35. The molecule has 0 aliphatic rings. The highest BCUT2D eigenvalue weighted by molar-refractivity contribution is 5.66. The van der Waals surface area contributed by atoms with Gasteiger partial charge in [-0.25, -0.2) is 4.79 Å². The van der Waals surface area contributed by atoms with Crippen LogP contribution in [0.5, 0.6) is 0 Å². The van der Waals surface area contributed by atoms with Crippen LogP contribution in [0.25, 0.3) is 0 Å². The number of carbonyl (C=O) groups is 3. The molecule has 406 valence electrons. The molecule has 9 heteroatoms. The SMILES string of the molecule is CCN(CC)CCN(CC)CCOC(=O)OC(CCCCCCCCCCCCCC/C=C\CCCCCCCC(=O)O)CCCCCCCCCCCCCC/C=C\CCCCCCCC(=O)O. The van der Waals surface area contributed by atoms with Gasteiger partial charge in [-0.05, 0) is 110 Å². The van der Waals surface area contributed by atoms with Crippen molar-refractivity contribution in [2.45, 2.75) is 297 Å². The van der Waals surface area contributed by atoms with E-state index in [1.807, 2.05) is 0 Å². The largest absolute Gasteiger partial charge is 0.508 e. The van der Waals surface area contributed by atoms with Gasteiger partial charge in [0.25, 0.3) is 0 Å². The number of aliphatic carboxylic acids is 2.